The van der Waals surface area contributed by atoms with Crippen molar-refractivity contribution in [2.24, 2.45) is 0 Å². The molecule has 0 radical (unpaired) electrons. The first-order chi connectivity index (χ1) is 10.4. The first kappa shape index (κ1) is 18.1. The molecule has 1 spiro atoms. The van der Waals surface area contributed by atoms with Crippen LogP contribution < -0.4 is 0 Å². The number of nitrogens with zero attached hydrogens (tertiary/aromatic N) is 2. The molecule has 2 aliphatic rings. The number of morpholine rings is 1. The monoisotopic (exact) mass is 334 g/mol. The van der Waals surface area contributed by atoms with Crippen LogP contribution in [0.3, 0.4) is 0 Å². The van der Waals surface area contributed by atoms with E-state index in [0.29, 0.717) is 26.2 Å². The number of ether oxygens (including phenoxy) is 2. The smallest absolute Gasteiger partial charge is 0.215 e. The number of hydrogen-bond donors (Lipinski definition) is 0. The fourth-order valence-electron chi connectivity index (χ4n) is 3.34. The van der Waals surface area contributed by atoms with E-state index in [1.807, 2.05) is 6.92 Å². The maximum absolute atomic E-state index is 12.7. The minimum Gasteiger partial charge on any atom is -0.378 e. The van der Waals surface area contributed by atoms with Gasteiger partial charge >= 0.3 is 0 Å². The summed E-state index contributed by atoms with van der Waals surface area (Å²) in [5.74, 6) is 0.179. The Balaban J connectivity index is 2.02. The lowest BCUT2D eigenvalue weighted by Crippen LogP contribution is -2.60. The quantitative estimate of drug-likeness (QED) is 0.723. The van der Waals surface area contributed by atoms with Crippen LogP contribution in [0.25, 0.3) is 0 Å². The number of sulfonamides is 1. The second-order valence-corrected chi connectivity index (χ2v) is 8.49. The van der Waals surface area contributed by atoms with Gasteiger partial charge in [0.25, 0.3) is 0 Å². The van der Waals surface area contributed by atoms with Crippen molar-refractivity contribution in [2.45, 2.75) is 45.3 Å². The van der Waals surface area contributed by atoms with Crippen LogP contribution in [0.2, 0.25) is 0 Å². The minimum atomic E-state index is -3.25. The lowest BCUT2D eigenvalue weighted by atomic mass is 9.94. The Morgan fingerprint density at radius 3 is 2.64 bits per heavy atom. The van der Waals surface area contributed by atoms with Gasteiger partial charge in [-0.3, -0.25) is 0 Å². The summed E-state index contributed by atoms with van der Waals surface area (Å²) >= 11 is 0. The fraction of sp³-hybridized carbons (Fsp3) is 1.00. The van der Waals surface area contributed by atoms with Crippen molar-refractivity contribution < 1.29 is 17.9 Å². The van der Waals surface area contributed by atoms with Crippen LogP contribution in [0.1, 0.15) is 33.6 Å². The lowest BCUT2D eigenvalue weighted by molar-refractivity contribution is -0.183. The SMILES string of the molecule is CCN(CC)CCS(=O)(=O)N1CC(C)OC2(CCCOC2)C1. The van der Waals surface area contributed by atoms with E-state index in [9.17, 15) is 8.42 Å². The van der Waals surface area contributed by atoms with Crippen molar-refractivity contribution in [2.75, 3.05) is 51.7 Å². The third-order valence-electron chi connectivity index (χ3n) is 4.62. The van der Waals surface area contributed by atoms with Gasteiger partial charge in [0.1, 0.15) is 5.60 Å². The molecule has 0 N–H and O–H groups in total. The summed E-state index contributed by atoms with van der Waals surface area (Å²) < 4.78 is 38.6. The molecule has 0 aromatic carbocycles. The summed E-state index contributed by atoms with van der Waals surface area (Å²) in [6, 6.07) is 0. The Labute approximate surface area is 134 Å². The molecule has 6 nitrogen and oxygen atoms in total. The summed E-state index contributed by atoms with van der Waals surface area (Å²) in [6.45, 7) is 10.5. The van der Waals surface area contributed by atoms with Crippen LogP contribution >= 0.6 is 0 Å². The molecular weight excluding hydrogens is 304 g/mol. The fourth-order valence-corrected chi connectivity index (χ4v) is 4.96. The highest BCUT2D eigenvalue weighted by atomic mass is 32.2. The van der Waals surface area contributed by atoms with Crippen LogP contribution in [0, 0.1) is 0 Å². The van der Waals surface area contributed by atoms with Gasteiger partial charge in [0.05, 0.1) is 18.5 Å². The zero-order valence-electron chi connectivity index (χ0n) is 14.1. The van der Waals surface area contributed by atoms with Gasteiger partial charge < -0.3 is 14.4 Å². The molecule has 2 heterocycles. The molecule has 2 unspecified atom stereocenters. The van der Waals surface area contributed by atoms with Gasteiger partial charge in [-0.05, 0) is 32.9 Å². The van der Waals surface area contributed by atoms with E-state index in [2.05, 4.69) is 18.7 Å². The van der Waals surface area contributed by atoms with Crippen molar-refractivity contribution in [3.8, 4) is 0 Å². The molecule has 0 aromatic rings. The first-order valence-electron chi connectivity index (χ1n) is 8.36. The van der Waals surface area contributed by atoms with Gasteiger partial charge in [-0.2, -0.15) is 4.31 Å². The minimum absolute atomic E-state index is 0.0846. The zero-order valence-corrected chi connectivity index (χ0v) is 14.9. The topological polar surface area (TPSA) is 59.1 Å². The molecule has 0 amide bonds. The molecule has 22 heavy (non-hydrogen) atoms. The molecule has 0 aliphatic carbocycles. The van der Waals surface area contributed by atoms with Crippen LogP contribution in [0.15, 0.2) is 0 Å². The molecule has 2 aliphatic heterocycles. The molecule has 2 saturated heterocycles. The van der Waals surface area contributed by atoms with Gasteiger partial charge in [0.15, 0.2) is 0 Å². The molecule has 0 aromatic heterocycles. The number of hydrogen-bond acceptors (Lipinski definition) is 5. The van der Waals surface area contributed by atoms with Crippen molar-refractivity contribution in [3.63, 3.8) is 0 Å². The van der Waals surface area contributed by atoms with E-state index in [1.54, 1.807) is 4.31 Å². The standard InChI is InChI=1S/C15H30N2O4S/c1-4-16(5-2)8-10-22(18,19)17-11-14(3)21-15(12-17)7-6-9-20-13-15/h14H,4-13H2,1-3H3. The van der Waals surface area contributed by atoms with E-state index in [4.69, 9.17) is 9.47 Å². The molecule has 130 valence electrons. The summed E-state index contributed by atoms with van der Waals surface area (Å²) in [7, 11) is -3.25. The van der Waals surface area contributed by atoms with Gasteiger partial charge in [-0.1, -0.05) is 13.8 Å². The van der Waals surface area contributed by atoms with Gasteiger partial charge in [-0.25, -0.2) is 8.42 Å². The normalized spacial score (nSPS) is 31.0. The van der Waals surface area contributed by atoms with Crippen LogP contribution in [0.4, 0.5) is 0 Å². The average molecular weight is 334 g/mol. The summed E-state index contributed by atoms with van der Waals surface area (Å²) in [5, 5.41) is 0. The van der Waals surface area contributed by atoms with E-state index >= 15 is 0 Å². The third-order valence-corrected chi connectivity index (χ3v) is 6.38. The van der Waals surface area contributed by atoms with Crippen molar-refractivity contribution in [3.05, 3.63) is 0 Å². The molecule has 7 heteroatoms. The van der Waals surface area contributed by atoms with Crippen LogP contribution in [-0.4, -0.2) is 81.0 Å². The second-order valence-electron chi connectivity index (χ2n) is 6.40. The maximum atomic E-state index is 12.7. The highest BCUT2D eigenvalue weighted by Gasteiger charge is 2.44. The Morgan fingerprint density at radius 1 is 1.32 bits per heavy atom. The Bertz CT molecular complexity index is 444. The Morgan fingerprint density at radius 2 is 2.05 bits per heavy atom. The number of rotatable bonds is 6. The second kappa shape index (κ2) is 7.57. The zero-order chi connectivity index (χ0) is 16.2. The molecule has 0 saturated carbocycles. The van der Waals surface area contributed by atoms with Crippen molar-refractivity contribution >= 4 is 10.0 Å². The molecule has 0 bridgehead atoms. The summed E-state index contributed by atoms with van der Waals surface area (Å²) in [5.41, 5.74) is -0.446. The van der Waals surface area contributed by atoms with Crippen LogP contribution in [0.5, 0.6) is 0 Å². The first-order valence-corrected chi connectivity index (χ1v) is 9.97. The van der Waals surface area contributed by atoms with Crippen LogP contribution in [-0.2, 0) is 19.5 Å². The summed E-state index contributed by atoms with van der Waals surface area (Å²) in [6.07, 6.45) is 1.72. The van der Waals surface area contributed by atoms with Crippen molar-refractivity contribution in [1.82, 2.24) is 9.21 Å². The average Bonchev–Trinajstić information content (AvgIpc) is 2.48. The van der Waals surface area contributed by atoms with E-state index < -0.39 is 15.6 Å². The maximum Gasteiger partial charge on any atom is 0.215 e. The van der Waals surface area contributed by atoms with Gasteiger partial charge in [0.2, 0.25) is 10.0 Å². The predicted octanol–water partition coefficient (Wildman–Crippen LogP) is 0.928. The molecule has 2 atom stereocenters. The van der Waals surface area contributed by atoms with E-state index in [1.165, 1.54) is 0 Å². The largest absolute Gasteiger partial charge is 0.378 e. The Hall–Kier alpha value is -0.210. The predicted molar refractivity (Wildman–Crippen MR) is 86.5 cm³/mol. The van der Waals surface area contributed by atoms with Gasteiger partial charge in [0, 0.05) is 26.2 Å². The highest BCUT2D eigenvalue weighted by molar-refractivity contribution is 7.89. The van der Waals surface area contributed by atoms with Crippen molar-refractivity contribution in [1.29, 1.82) is 0 Å². The molecule has 2 rings (SSSR count). The Kier molecular flexibility index (Phi) is 6.24. The van der Waals surface area contributed by atoms with Gasteiger partial charge in [-0.15, -0.1) is 0 Å². The van der Waals surface area contributed by atoms with E-state index in [0.717, 1.165) is 32.5 Å². The highest BCUT2D eigenvalue weighted by Crippen LogP contribution is 2.31. The molecule has 2 fully saturated rings. The summed E-state index contributed by atoms with van der Waals surface area (Å²) in [4.78, 5) is 2.14. The third kappa shape index (κ3) is 4.41. The lowest BCUT2D eigenvalue weighted by Gasteiger charge is -2.46. The van der Waals surface area contributed by atoms with E-state index in [-0.39, 0.29) is 11.9 Å². The molecular formula is C15H30N2O4S.